The van der Waals surface area contributed by atoms with Crippen molar-refractivity contribution >= 4 is 27.3 Å². The molecule has 2 aromatic carbocycles. The molecule has 2 N–H and O–H groups in total. The van der Waals surface area contributed by atoms with E-state index < -0.39 is 26.9 Å². The van der Waals surface area contributed by atoms with E-state index >= 15 is 0 Å². The van der Waals surface area contributed by atoms with Crippen LogP contribution in [0.25, 0.3) is 0 Å². The van der Waals surface area contributed by atoms with Crippen molar-refractivity contribution in [1.29, 1.82) is 0 Å². The third-order valence-corrected chi connectivity index (χ3v) is 6.50. The molecule has 2 aromatic rings. The van der Waals surface area contributed by atoms with Crippen LogP contribution in [0, 0.1) is 10.1 Å². The van der Waals surface area contributed by atoms with E-state index in [1.54, 1.807) is 0 Å². The molecule has 0 aromatic heterocycles. The van der Waals surface area contributed by atoms with Gasteiger partial charge in [0.25, 0.3) is 11.6 Å². The summed E-state index contributed by atoms with van der Waals surface area (Å²) in [5.41, 5.74) is 1.70. The number of hydrogen-bond acceptors (Lipinski definition) is 9. The second-order valence-electron chi connectivity index (χ2n) is 6.81. The van der Waals surface area contributed by atoms with Crippen molar-refractivity contribution in [2.75, 3.05) is 13.2 Å². The number of carbonyl (C=O) groups is 1. The summed E-state index contributed by atoms with van der Waals surface area (Å²) in [4.78, 5) is 27.1. The monoisotopic (exact) mass is 476 g/mol. The van der Waals surface area contributed by atoms with Gasteiger partial charge in [0.15, 0.2) is 0 Å². The fourth-order valence-electron chi connectivity index (χ4n) is 3.06. The Hall–Kier alpha value is -3.81. The number of nitrogens with one attached hydrogen (secondary N) is 1. The number of nitro groups is 1. The molecule has 1 fully saturated rings. The number of non-ortho nitro benzene ring substituents is 1. The molecule has 33 heavy (non-hydrogen) atoms. The lowest BCUT2D eigenvalue weighted by atomic mass is 10.2. The van der Waals surface area contributed by atoms with Crippen LogP contribution in [0.15, 0.2) is 71.2 Å². The molecule has 3 rings (SSSR count). The summed E-state index contributed by atoms with van der Waals surface area (Å²) in [6, 6.07) is 9.61. The predicted octanol–water partition coefficient (Wildman–Crippen LogP) is 2.21. The van der Waals surface area contributed by atoms with E-state index in [2.05, 4.69) is 11.7 Å². The van der Waals surface area contributed by atoms with Gasteiger partial charge in [-0.2, -0.15) is 4.31 Å². The highest BCUT2D eigenvalue weighted by Gasteiger charge is 2.42. The number of hydrogen-bond donors (Lipinski definition) is 2. The Morgan fingerprint density at radius 1 is 1.24 bits per heavy atom. The highest BCUT2D eigenvalue weighted by molar-refractivity contribution is 7.89. The minimum atomic E-state index is -4.14. The molecule has 0 unspecified atom stereocenters. The molecule has 1 atom stereocenters. The Kier molecular flexibility index (Phi) is 7.37. The number of rotatable bonds is 9. The van der Waals surface area contributed by atoms with E-state index in [4.69, 9.17) is 14.8 Å². The van der Waals surface area contributed by atoms with Gasteiger partial charge in [-0.05, 0) is 36.4 Å². The molecule has 12 nitrogen and oxygen atoms in total. The molecule has 0 saturated carbocycles. The van der Waals surface area contributed by atoms with Gasteiger partial charge in [0.1, 0.15) is 24.1 Å². The largest absolute Gasteiger partial charge is 0.457 e. The molecular formula is C20H20N4O8S. The summed E-state index contributed by atoms with van der Waals surface area (Å²) in [7, 11) is -4.14. The van der Waals surface area contributed by atoms with Crippen molar-refractivity contribution in [2.24, 2.45) is 5.16 Å². The first-order valence-corrected chi connectivity index (χ1v) is 11.0. The lowest BCUT2D eigenvalue weighted by molar-refractivity contribution is -0.384. The first-order chi connectivity index (χ1) is 15.8. The fraction of sp³-hybridized carbons (Fsp3) is 0.200. The Morgan fingerprint density at radius 2 is 1.85 bits per heavy atom. The number of nitro benzene ring substituents is 1. The number of nitrogens with zero attached hydrogens (tertiary/aromatic N) is 3. The zero-order chi connectivity index (χ0) is 24.0. The Labute approximate surface area is 188 Å². The summed E-state index contributed by atoms with van der Waals surface area (Å²) < 4.78 is 32.8. The molecule has 1 amide bonds. The zero-order valence-corrected chi connectivity index (χ0v) is 18.0. The lowest BCUT2D eigenvalue weighted by Gasteiger charge is -2.21. The minimum Gasteiger partial charge on any atom is -0.457 e. The number of hydroxylamine groups is 1. The smallest absolute Gasteiger partial charge is 0.269 e. The number of benzene rings is 2. The molecular weight excluding hydrogens is 456 g/mol. The Morgan fingerprint density at radius 3 is 2.39 bits per heavy atom. The maximum Gasteiger partial charge on any atom is 0.269 e. The van der Waals surface area contributed by atoms with Crippen molar-refractivity contribution in [1.82, 2.24) is 9.79 Å². The van der Waals surface area contributed by atoms with Crippen molar-refractivity contribution in [3.8, 4) is 11.5 Å². The van der Waals surface area contributed by atoms with E-state index in [1.165, 1.54) is 60.1 Å². The molecule has 0 radical (unpaired) electrons. The van der Waals surface area contributed by atoms with Crippen LogP contribution >= 0.6 is 0 Å². The van der Waals surface area contributed by atoms with Crippen LogP contribution in [0.5, 0.6) is 11.5 Å². The van der Waals surface area contributed by atoms with Gasteiger partial charge in [-0.3, -0.25) is 20.1 Å². The third kappa shape index (κ3) is 5.52. The SMILES string of the molecule is C=CCO/N=C1/C[C@@H](C(=O)NO)N(S(=O)(=O)c2ccc(Oc3ccc([N+](=O)[O-])cc3)cc2)C1. The number of sulfonamides is 1. The van der Waals surface area contributed by atoms with Gasteiger partial charge in [0, 0.05) is 18.6 Å². The van der Waals surface area contributed by atoms with Crippen LogP contribution in [0.4, 0.5) is 5.69 Å². The molecule has 0 spiro atoms. The number of amides is 1. The van der Waals surface area contributed by atoms with Gasteiger partial charge in [0.05, 0.1) is 22.1 Å². The third-order valence-electron chi connectivity index (χ3n) is 4.63. The van der Waals surface area contributed by atoms with Crippen LogP contribution in [0.1, 0.15) is 6.42 Å². The van der Waals surface area contributed by atoms with Crippen LogP contribution in [0.3, 0.4) is 0 Å². The van der Waals surface area contributed by atoms with Crippen LogP contribution < -0.4 is 10.2 Å². The zero-order valence-electron chi connectivity index (χ0n) is 17.2. The standard InChI is InChI=1S/C20H20N4O8S/c1-2-11-31-22-14-12-19(20(25)21-26)23(13-14)33(29,30)18-9-7-17(8-10-18)32-16-5-3-15(4-6-16)24(27)28/h2-10,19,26H,1,11-13H2,(H,21,25)/b22-14-/t19-/m0/s1. The number of carbonyl (C=O) groups excluding carboxylic acids is 1. The van der Waals surface area contributed by atoms with E-state index in [0.717, 1.165) is 4.31 Å². The molecule has 174 valence electrons. The highest BCUT2D eigenvalue weighted by atomic mass is 32.2. The van der Waals surface area contributed by atoms with Gasteiger partial charge in [-0.15, -0.1) is 0 Å². The van der Waals surface area contributed by atoms with Gasteiger partial charge in [0.2, 0.25) is 10.0 Å². The summed E-state index contributed by atoms with van der Waals surface area (Å²) in [6.07, 6.45) is 1.41. The van der Waals surface area contributed by atoms with Crippen LogP contribution in [-0.4, -0.2) is 53.7 Å². The molecule has 0 aliphatic carbocycles. The second kappa shape index (κ2) is 10.2. The average Bonchev–Trinajstić information content (AvgIpc) is 3.24. The van der Waals surface area contributed by atoms with Crippen molar-refractivity contribution < 1.29 is 32.9 Å². The van der Waals surface area contributed by atoms with E-state index in [1.807, 2.05) is 0 Å². The van der Waals surface area contributed by atoms with Gasteiger partial charge >= 0.3 is 0 Å². The number of oxime groups is 1. The highest BCUT2D eigenvalue weighted by Crippen LogP contribution is 2.29. The van der Waals surface area contributed by atoms with Gasteiger partial charge in [-0.25, -0.2) is 13.9 Å². The second-order valence-corrected chi connectivity index (χ2v) is 8.70. The normalized spacial score (nSPS) is 17.5. The van der Waals surface area contributed by atoms with E-state index in [9.17, 15) is 23.3 Å². The molecule has 1 heterocycles. The van der Waals surface area contributed by atoms with Crippen molar-refractivity contribution in [2.45, 2.75) is 17.4 Å². The summed E-state index contributed by atoms with van der Waals surface area (Å²) in [5.74, 6) is -0.268. The first kappa shape index (κ1) is 23.8. The Balaban J connectivity index is 1.79. The lowest BCUT2D eigenvalue weighted by Crippen LogP contribution is -2.44. The molecule has 0 bridgehead atoms. The van der Waals surface area contributed by atoms with Crippen LogP contribution in [0.2, 0.25) is 0 Å². The first-order valence-electron chi connectivity index (χ1n) is 9.53. The summed E-state index contributed by atoms with van der Waals surface area (Å²) in [6.45, 7) is 3.40. The van der Waals surface area contributed by atoms with Crippen molar-refractivity contribution in [3.05, 3.63) is 71.3 Å². The van der Waals surface area contributed by atoms with E-state index in [0.29, 0.717) is 17.2 Å². The van der Waals surface area contributed by atoms with Gasteiger partial charge in [-0.1, -0.05) is 17.8 Å². The topological polar surface area (TPSA) is 161 Å². The maximum absolute atomic E-state index is 13.2. The summed E-state index contributed by atoms with van der Waals surface area (Å²) >= 11 is 0. The average molecular weight is 476 g/mol. The predicted molar refractivity (Wildman–Crippen MR) is 115 cm³/mol. The molecule has 1 aliphatic rings. The molecule has 1 aliphatic heterocycles. The number of ether oxygens (including phenoxy) is 1. The van der Waals surface area contributed by atoms with E-state index in [-0.39, 0.29) is 30.2 Å². The molecule has 1 saturated heterocycles. The minimum absolute atomic E-state index is 0.0515. The van der Waals surface area contributed by atoms with Crippen molar-refractivity contribution in [3.63, 3.8) is 0 Å². The Bertz CT molecular complexity index is 1160. The fourth-order valence-corrected chi connectivity index (χ4v) is 4.64. The summed E-state index contributed by atoms with van der Waals surface area (Å²) in [5, 5.41) is 23.6. The quantitative estimate of drug-likeness (QED) is 0.183. The van der Waals surface area contributed by atoms with Crippen LogP contribution in [-0.2, 0) is 19.7 Å². The maximum atomic E-state index is 13.2. The van der Waals surface area contributed by atoms with Gasteiger partial charge < -0.3 is 9.57 Å². The molecule has 13 heteroatoms.